The lowest BCUT2D eigenvalue weighted by Gasteiger charge is -2.29. The molecule has 4 heterocycles. The van der Waals surface area contributed by atoms with E-state index in [0.29, 0.717) is 73.8 Å². The number of Topliss-reactive ketones (excluding diaryl/α,β-unsaturated/α-hetero) is 1. The van der Waals surface area contributed by atoms with Crippen LogP contribution >= 0.6 is 0 Å². The van der Waals surface area contributed by atoms with E-state index in [-0.39, 0.29) is 29.2 Å². The summed E-state index contributed by atoms with van der Waals surface area (Å²) < 4.78 is 5.44. The molecule has 0 radical (unpaired) electrons. The Hall–Kier alpha value is -5.15. The molecule has 0 saturated carbocycles. The Morgan fingerprint density at radius 2 is 1.60 bits per heavy atom. The summed E-state index contributed by atoms with van der Waals surface area (Å²) >= 11 is 0. The van der Waals surface area contributed by atoms with Gasteiger partial charge in [-0.2, -0.15) is 0 Å². The van der Waals surface area contributed by atoms with Gasteiger partial charge < -0.3 is 14.5 Å². The van der Waals surface area contributed by atoms with E-state index >= 15 is 0 Å². The first kappa shape index (κ1) is 28.6. The summed E-state index contributed by atoms with van der Waals surface area (Å²) in [5, 5.41) is 0.808. The molecule has 3 aromatic carbocycles. The number of para-hydroxylation sites is 1. The SMILES string of the molecule is CC(=O)N1CCc2c(cccc2-c2cc(/C=C3/C(=O)c4ccccc4N3C(C)=O)nc3ccc(C(=O)N4CCOCC4)cc23)C1. The predicted molar refractivity (Wildman–Crippen MR) is 171 cm³/mol. The fraction of sp³-hybridized carbons (Fsp3) is 0.250. The fourth-order valence-corrected chi connectivity index (χ4v) is 6.60. The third-order valence-electron chi connectivity index (χ3n) is 8.84. The number of hydrogen-bond acceptors (Lipinski definition) is 6. The van der Waals surface area contributed by atoms with Crippen LogP contribution in [0.1, 0.15) is 51.4 Å². The van der Waals surface area contributed by atoms with Gasteiger partial charge in [0.15, 0.2) is 0 Å². The summed E-state index contributed by atoms with van der Waals surface area (Å²) in [6.07, 6.45) is 2.36. The van der Waals surface area contributed by atoms with E-state index in [1.807, 2.05) is 35.2 Å². The van der Waals surface area contributed by atoms with E-state index in [4.69, 9.17) is 9.72 Å². The highest BCUT2D eigenvalue weighted by Crippen LogP contribution is 2.38. The van der Waals surface area contributed by atoms with E-state index < -0.39 is 0 Å². The lowest BCUT2D eigenvalue weighted by Crippen LogP contribution is -2.40. The minimum absolute atomic E-state index is 0.0397. The Labute approximate surface area is 260 Å². The number of amides is 3. The molecule has 0 spiro atoms. The highest BCUT2D eigenvalue weighted by atomic mass is 16.5. The van der Waals surface area contributed by atoms with Gasteiger partial charge in [-0.25, -0.2) is 4.98 Å². The first-order valence-electron chi connectivity index (χ1n) is 15.1. The molecule has 0 aliphatic carbocycles. The maximum absolute atomic E-state index is 13.5. The van der Waals surface area contributed by atoms with Crippen LogP contribution in [0.15, 0.2) is 72.4 Å². The standard InChI is InChI=1S/C36H32N4O5/c1-22(41)39-13-12-27-25(21-39)6-5-8-28(27)30-19-26(20-34-35(43)29-7-3-4-9-33(29)40(34)23(2)42)37-32-11-10-24(18-31(30)32)36(44)38-14-16-45-17-15-38/h3-11,18-20H,12-17,21H2,1-2H3/b34-20-. The molecule has 226 valence electrons. The first-order chi connectivity index (χ1) is 21.8. The monoisotopic (exact) mass is 600 g/mol. The number of rotatable bonds is 3. The first-order valence-corrected chi connectivity index (χ1v) is 15.1. The molecular weight excluding hydrogens is 568 g/mol. The molecule has 0 N–H and O–H groups in total. The van der Waals surface area contributed by atoms with Gasteiger partial charge in [0.05, 0.1) is 35.8 Å². The number of pyridine rings is 1. The van der Waals surface area contributed by atoms with Crippen molar-refractivity contribution in [1.29, 1.82) is 0 Å². The van der Waals surface area contributed by atoms with Gasteiger partial charge in [-0.15, -0.1) is 0 Å². The third kappa shape index (κ3) is 5.09. The number of fused-ring (bicyclic) bond motifs is 3. The smallest absolute Gasteiger partial charge is 0.254 e. The highest BCUT2D eigenvalue weighted by molar-refractivity contribution is 6.26. The number of carbonyl (C=O) groups is 4. The third-order valence-corrected chi connectivity index (χ3v) is 8.84. The minimum atomic E-state index is -0.265. The molecule has 9 heteroatoms. The molecule has 3 aliphatic rings. The maximum atomic E-state index is 13.5. The zero-order chi connectivity index (χ0) is 31.2. The Bertz CT molecular complexity index is 1940. The number of aromatic nitrogens is 1. The van der Waals surface area contributed by atoms with Crippen molar-refractivity contribution in [2.75, 3.05) is 37.7 Å². The molecule has 0 atom stereocenters. The van der Waals surface area contributed by atoms with Crippen LogP contribution in [0.3, 0.4) is 0 Å². The zero-order valence-corrected chi connectivity index (χ0v) is 25.2. The van der Waals surface area contributed by atoms with Crippen molar-refractivity contribution >= 4 is 46.2 Å². The quantitative estimate of drug-likeness (QED) is 0.311. The molecule has 3 aliphatic heterocycles. The van der Waals surface area contributed by atoms with Crippen LogP contribution in [0, 0.1) is 0 Å². The normalized spacial score (nSPS) is 17.1. The van der Waals surface area contributed by atoms with Crippen LogP contribution in [-0.2, 0) is 27.3 Å². The molecule has 7 rings (SSSR count). The topological polar surface area (TPSA) is 100 Å². The molecule has 9 nitrogen and oxygen atoms in total. The van der Waals surface area contributed by atoms with Crippen molar-refractivity contribution in [2.24, 2.45) is 0 Å². The summed E-state index contributed by atoms with van der Waals surface area (Å²) in [5.74, 6) is -0.523. The number of benzene rings is 3. The largest absolute Gasteiger partial charge is 0.378 e. The predicted octanol–water partition coefficient (Wildman–Crippen LogP) is 4.87. The van der Waals surface area contributed by atoms with E-state index in [2.05, 4.69) is 6.07 Å². The molecule has 0 unspecified atom stereocenters. The van der Waals surface area contributed by atoms with Crippen LogP contribution in [0.5, 0.6) is 0 Å². The van der Waals surface area contributed by atoms with Gasteiger partial charge in [-0.1, -0.05) is 30.3 Å². The molecule has 4 aromatic rings. The Morgan fingerprint density at radius 1 is 0.822 bits per heavy atom. The molecular formula is C36H32N4O5. The molecule has 45 heavy (non-hydrogen) atoms. The van der Waals surface area contributed by atoms with Gasteiger partial charge in [0.2, 0.25) is 17.6 Å². The summed E-state index contributed by atoms with van der Waals surface area (Å²) in [5.41, 5.74) is 7.09. The summed E-state index contributed by atoms with van der Waals surface area (Å²) in [7, 11) is 0. The molecule has 1 aromatic heterocycles. The summed E-state index contributed by atoms with van der Waals surface area (Å²) in [6, 6.07) is 20.6. The average Bonchev–Trinajstić information content (AvgIpc) is 3.34. The maximum Gasteiger partial charge on any atom is 0.254 e. The lowest BCUT2D eigenvalue weighted by molar-refractivity contribution is -0.129. The van der Waals surface area contributed by atoms with Crippen LogP contribution in [-0.4, -0.2) is 71.1 Å². The van der Waals surface area contributed by atoms with E-state index in [1.165, 1.54) is 11.8 Å². The Kier molecular flexibility index (Phi) is 7.25. The van der Waals surface area contributed by atoms with Crippen LogP contribution in [0.25, 0.3) is 28.1 Å². The van der Waals surface area contributed by atoms with E-state index in [1.54, 1.807) is 48.2 Å². The number of anilines is 1. The average molecular weight is 601 g/mol. The zero-order valence-electron chi connectivity index (χ0n) is 25.2. The number of hydrogen-bond donors (Lipinski definition) is 0. The second-order valence-corrected chi connectivity index (χ2v) is 11.6. The summed E-state index contributed by atoms with van der Waals surface area (Å²) in [4.78, 5) is 61.9. The summed E-state index contributed by atoms with van der Waals surface area (Å²) in [6.45, 7) is 6.27. The van der Waals surface area contributed by atoms with Crippen molar-refractivity contribution in [3.8, 4) is 11.1 Å². The molecule has 0 bridgehead atoms. The minimum Gasteiger partial charge on any atom is -0.378 e. The number of morpholine rings is 1. The second kappa shape index (κ2) is 11.4. The van der Waals surface area contributed by atoms with Gasteiger partial charge >= 0.3 is 0 Å². The number of ether oxygens (including phenoxy) is 1. The Balaban J connectivity index is 1.40. The Morgan fingerprint density at radius 3 is 2.38 bits per heavy atom. The van der Waals surface area contributed by atoms with Gasteiger partial charge in [-0.3, -0.25) is 24.1 Å². The van der Waals surface area contributed by atoms with Gasteiger partial charge in [0, 0.05) is 56.5 Å². The van der Waals surface area contributed by atoms with Crippen molar-refractivity contribution < 1.29 is 23.9 Å². The van der Waals surface area contributed by atoms with Crippen molar-refractivity contribution in [1.82, 2.24) is 14.8 Å². The fourth-order valence-electron chi connectivity index (χ4n) is 6.60. The van der Waals surface area contributed by atoms with E-state index in [0.717, 1.165) is 27.6 Å². The van der Waals surface area contributed by atoms with Crippen LogP contribution in [0.4, 0.5) is 5.69 Å². The van der Waals surface area contributed by atoms with Crippen LogP contribution in [0.2, 0.25) is 0 Å². The number of carbonyl (C=O) groups excluding carboxylic acids is 4. The van der Waals surface area contributed by atoms with Gasteiger partial charge in [0.1, 0.15) is 0 Å². The number of nitrogens with zero attached hydrogens (tertiary/aromatic N) is 4. The lowest BCUT2D eigenvalue weighted by atomic mass is 9.88. The van der Waals surface area contributed by atoms with Crippen molar-refractivity contribution in [2.45, 2.75) is 26.8 Å². The number of ketones is 1. The molecule has 1 saturated heterocycles. The second-order valence-electron chi connectivity index (χ2n) is 11.6. The van der Waals surface area contributed by atoms with Crippen molar-refractivity contribution in [3.63, 3.8) is 0 Å². The van der Waals surface area contributed by atoms with Gasteiger partial charge in [0.25, 0.3) is 5.91 Å². The van der Waals surface area contributed by atoms with Gasteiger partial charge in [-0.05, 0) is 71.1 Å². The molecule has 1 fully saturated rings. The van der Waals surface area contributed by atoms with E-state index in [9.17, 15) is 19.2 Å². The van der Waals surface area contributed by atoms with Crippen LogP contribution < -0.4 is 4.90 Å². The highest BCUT2D eigenvalue weighted by Gasteiger charge is 2.34. The number of allylic oxidation sites excluding steroid dienone is 1. The molecule has 3 amide bonds. The van der Waals surface area contributed by atoms with Crippen molar-refractivity contribution in [3.05, 3.63) is 100 Å².